The fraction of sp³-hybridized carbons (Fsp3) is 1.00. The van der Waals surface area contributed by atoms with Gasteiger partial charge in [0, 0.05) is 25.9 Å². The predicted molar refractivity (Wildman–Crippen MR) is 64.6 cm³/mol. The van der Waals surface area contributed by atoms with E-state index in [0.29, 0.717) is 6.10 Å². The van der Waals surface area contributed by atoms with Crippen LogP contribution in [0, 0.1) is 5.92 Å². The summed E-state index contributed by atoms with van der Waals surface area (Å²) in [5, 5.41) is 3.53. The molecule has 0 aromatic rings. The molecule has 0 radical (unpaired) electrons. The molecule has 1 saturated heterocycles. The molecule has 0 bridgehead atoms. The third kappa shape index (κ3) is 4.81. The fourth-order valence-corrected chi connectivity index (χ4v) is 2.07. The van der Waals surface area contributed by atoms with Crippen LogP contribution in [-0.2, 0) is 9.47 Å². The SMILES string of the molecule is CC(CCNC1CC1)OCC1CCOCC1. The summed E-state index contributed by atoms with van der Waals surface area (Å²) in [5.74, 6) is 0.729. The molecule has 3 nitrogen and oxygen atoms in total. The average Bonchev–Trinajstić information content (AvgIpc) is 3.12. The van der Waals surface area contributed by atoms with Gasteiger partial charge in [-0.1, -0.05) is 0 Å². The van der Waals surface area contributed by atoms with Gasteiger partial charge < -0.3 is 14.8 Å². The number of hydrogen-bond donors (Lipinski definition) is 1. The lowest BCUT2D eigenvalue weighted by molar-refractivity contribution is -0.00699. The summed E-state index contributed by atoms with van der Waals surface area (Å²) >= 11 is 0. The smallest absolute Gasteiger partial charge is 0.0559 e. The standard InChI is InChI=1S/C13H25NO2/c1-11(4-7-14-13-2-3-13)16-10-12-5-8-15-9-6-12/h11-14H,2-10H2,1H3. The molecule has 0 aromatic carbocycles. The summed E-state index contributed by atoms with van der Waals surface area (Å²) < 4.78 is 11.2. The Morgan fingerprint density at radius 3 is 2.69 bits per heavy atom. The van der Waals surface area contributed by atoms with Crippen molar-refractivity contribution in [3.63, 3.8) is 0 Å². The second kappa shape index (κ2) is 6.58. The van der Waals surface area contributed by atoms with E-state index >= 15 is 0 Å². The molecule has 1 aliphatic heterocycles. The fourth-order valence-electron chi connectivity index (χ4n) is 2.07. The van der Waals surface area contributed by atoms with Crippen LogP contribution in [0.15, 0.2) is 0 Å². The molecule has 1 unspecified atom stereocenters. The van der Waals surface area contributed by atoms with Gasteiger partial charge in [0.15, 0.2) is 0 Å². The zero-order valence-electron chi connectivity index (χ0n) is 10.4. The van der Waals surface area contributed by atoms with Gasteiger partial charge in [-0.2, -0.15) is 0 Å². The number of rotatable bonds is 7. The van der Waals surface area contributed by atoms with Crippen molar-refractivity contribution in [1.29, 1.82) is 0 Å². The molecule has 1 heterocycles. The van der Waals surface area contributed by atoms with Crippen LogP contribution in [0.2, 0.25) is 0 Å². The predicted octanol–water partition coefficient (Wildman–Crippen LogP) is 1.96. The minimum absolute atomic E-state index is 0.397. The van der Waals surface area contributed by atoms with Crippen LogP contribution in [0.5, 0.6) is 0 Å². The molecule has 94 valence electrons. The van der Waals surface area contributed by atoms with E-state index in [1.807, 2.05) is 0 Å². The van der Waals surface area contributed by atoms with Crippen molar-refractivity contribution in [3.05, 3.63) is 0 Å². The summed E-state index contributed by atoms with van der Waals surface area (Å²) in [6.45, 7) is 6.07. The lowest BCUT2D eigenvalue weighted by Crippen LogP contribution is -2.25. The van der Waals surface area contributed by atoms with Crippen LogP contribution in [0.3, 0.4) is 0 Å². The summed E-state index contributed by atoms with van der Waals surface area (Å²) in [6.07, 6.45) is 6.63. The van der Waals surface area contributed by atoms with Crippen LogP contribution in [0.4, 0.5) is 0 Å². The van der Waals surface area contributed by atoms with Crippen molar-refractivity contribution in [2.45, 2.75) is 51.2 Å². The molecule has 16 heavy (non-hydrogen) atoms. The van der Waals surface area contributed by atoms with Gasteiger partial charge >= 0.3 is 0 Å². The molecular weight excluding hydrogens is 202 g/mol. The molecule has 1 aliphatic carbocycles. The first-order valence-corrected chi connectivity index (χ1v) is 6.77. The van der Waals surface area contributed by atoms with E-state index in [1.54, 1.807) is 0 Å². The first kappa shape index (κ1) is 12.3. The monoisotopic (exact) mass is 227 g/mol. The largest absolute Gasteiger partial charge is 0.381 e. The zero-order chi connectivity index (χ0) is 11.2. The number of nitrogens with one attached hydrogen (secondary N) is 1. The third-order valence-corrected chi connectivity index (χ3v) is 3.52. The summed E-state index contributed by atoms with van der Waals surface area (Å²) in [6, 6.07) is 0.822. The normalized spacial score (nSPS) is 24.6. The van der Waals surface area contributed by atoms with Crippen molar-refractivity contribution >= 4 is 0 Å². The van der Waals surface area contributed by atoms with Crippen LogP contribution >= 0.6 is 0 Å². The first-order chi connectivity index (χ1) is 7.84. The highest BCUT2D eigenvalue weighted by molar-refractivity contribution is 4.80. The van der Waals surface area contributed by atoms with Crippen molar-refractivity contribution in [3.8, 4) is 0 Å². The van der Waals surface area contributed by atoms with Crippen LogP contribution in [-0.4, -0.2) is 38.5 Å². The Bertz CT molecular complexity index is 188. The molecule has 0 amide bonds. The molecule has 0 aromatic heterocycles. The van der Waals surface area contributed by atoms with Gasteiger partial charge in [-0.05, 0) is 51.5 Å². The van der Waals surface area contributed by atoms with Crippen molar-refractivity contribution in [1.82, 2.24) is 5.32 Å². The van der Waals surface area contributed by atoms with Crippen molar-refractivity contribution in [2.75, 3.05) is 26.4 Å². The zero-order valence-corrected chi connectivity index (χ0v) is 10.4. The highest BCUT2D eigenvalue weighted by atomic mass is 16.5. The lowest BCUT2D eigenvalue weighted by Gasteiger charge is -2.23. The van der Waals surface area contributed by atoms with Gasteiger partial charge in [-0.25, -0.2) is 0 Å². The lowest BCUT2D eigenvalue weighted by atomic mass is 10.0. The molecule has 2 aliphatic rings. The Labute approximate surface area is 98.9 Å². The van der Waals surface area contributed by atoms with E-state index in [9.17, 15) is 0 Å². The van der Waals surface area contributed by atoms with Gasteiger partial charge in [0.05, 0.1) is 6.10 Å². The molecule has 0 spiro atoms. The minimum Gasteiger partial charge on any atom is -0.381 e. The van der Waals surface area contributed by atoms with Crippen LogP contribution in [0.25, 0.3) is 0 Å². The van der Waals surface area contributed by atoms with E-state index in [4.69, 9.17) is 9.47 Å². The Kier molecular flexibility index (Phi) is 5.07. The second-order valence-electron chi connectivity index (χ2n) is 5.22. The third-order valence-electron chi connectivity index (χ3n) is 3.52. The molecule has 3 heteroatoms. The maximum absolute atomic E-state index is 5.89. The Balaban J connectivity index is 1.46. The molecular formula is C13H25NO2. The first-order valence-electron chi connectivity index (χ1n) is 6.77. The molecule has 1 N–H and O–H groups in total. The van der Waals surface area contributed by atoms with Crippen molar-refractivity contribution < 1.29 is 9.47 Å². The highest BCUT2D eigenvalue weighted by Crippen LogP contribution is 2.19. The van der Waals surface area contributed by atoms with Crippen LogP contribution in [0.1, 0.15) is 39.0 Å². The summed E-state index contributed by atoms with van der Waals surface area (Å²) in [7, 11) is 0. The van der Waals surface area contributed by atoms with E-state index in [1.165, 1.54) is 25.7 Å². The Morgan fingerprint density at radius 1 is 1.25 bits per heavy atom. The molecule has 2 fully saturated rings. The topological polar surface area (TPSA) is 30.5 Å². The van der Waals surface area contributed by atoms with Gasteiger partial charge in [0.2, 0.25) is 0 Å². The van der Waals surface area contributed by atoms with E-state index in [2.05, 4.69) is 12.2 Å². The number of hydrogen-bond acceptors (Lipinski definition) is 3. The van der Waals surface area contributed by atoms with Gasteiger partial charge in [0.1, 0.15) is 0 Å². The van der Waals surface area contributed by atoms with Gasteiger partial charge in [-0.3, -0.25) is 0 Å². The molecule has 1 atom stereocenters. The van der Waals surface area contributed by atoms with E-state index in [-0.39, 0.29) is 0 Å². The minimum atomic E-state index is 0.397. The van der Waals surface area contributed by atoms with Crippen LogP contribution < -0.4 is 5.32 Å². The van der Waals surface area contributed by atoms with Gasteiger partial charge in [-0.15, -0.1) is 0 Å². The number of ether oxygens (including phenoxy) is 2. The van der Waals surface area contributed by atoms with Crippen molar-refractivity contribution in [2.24, 2.45) is 5.92 Å². The molecule has 1 saturated carbocycles. The highest BCUT2D eigenvalue weighted by Gasteiger charge is 2.20. The van der Waals surface area contributed by atoms with E-state index in [0.717, 1.165) is 44.7 Å². The average molecular weight is 227 g/mol. The second-order valence-corrected chi connectivity index (χ2v) is 5.22. The van der Waals surface area contributed by atoms with Gasteiger partial charge in [0.25, 0.3) is 0 Å². The Hall–Kier alpha value is -0.120. The quantitative estimate of drug-likeness (QED) is 0.721. The summed E-state index contributed by atoms with van der Waals surface area (Å²) in [4.78, 5) is 0. The maximum atomic E-state index is 5.89. The maximum Gasteiger partial charge on any atom is 0.0559 e. The Morgan fingerprint density at radius 2 is 2.00 bits per heavy atom. The summed E-state index contributed by atoms with van der Waals surface area (Å²) in [5.41, 5.74) is 0. The van der Waals surface area contributed by atoms with E-state index < -0.39 is 0 Å². The molecule has 2 rings (SSSR count).